The first-order chi connectivity index (χ1) is 14.4. The Labute approximate surface area is 177 Å². The molecule has 0 rings (SSSR count). The predicted octanol–water partition coefficient (Wildman–Crippen LogP) is 1.26. The van der Waals surface area contributed by atoms with Crippen molar-refractivity contribution in [2.45, 2.75) is 20.3 Å². The molecule has 0 aromatic heterocycles. The summed E-state index contributed by atoms with van der Waals surface area (Å²) in [5, 5.41) is 2.39. The van der Waals surface area contributed by atoms with E-state index in [1.807, 2.05) is 12.6 Å². The van der Waals surface area contributed by atoms with E-state index < -0.39 is 7.60 Å². The summed E-state index contributed by atoms with van der Waals surface area (Å²) < 4.78 is 16.0. The molecule has 0 aliphatic carbocycles. The summed E-state index contributed by atoms with van der Waals surface area (Å²) in [6.07, 6.45) is 0.671. The van der Waals surface area contributed by atoms with E-state index in [9.17, 15) is 14.3 Å². The molecule has 0 saturated heterocycles. The Hall–Kier alpha value is -4.16. The number of hydrogen-bond acceptors (Lipinski definition) is 4. The van der Waals surface area contributed by atoms with Crippen molar-refractivity contribution in [2.24, 2.45) is 0 Å². The molecular weight excluding hydrogens is 397 g/mol. The zero-order valence-electron chi connectivity index (χ0n) is 16.4. The van der Waals surface area contributed by atoms with Gasteiger partial charge < -0.3 is 14.7 Å². The molecular formula is C24H15NO4P-. The van der Waals surface area contributed by atoms with Gasteiger partial charge in [0, 0.05) is 13.5 Å². The second kappa shape index (κ2) is 17.0. The maximum atomic E-state index is 11.4. The summed E-state index contributed by atoms with van der Waals surface area (Å²) in [7, 11) is -4.34. The van der Waals surface area contributed by atoms with Crippen LogP contribution in [0.25, 0.3) is 0 Å². The molecule has 0 radical (unpaired) electrons. The molecule has 0 fully saturated rings. The van der Waals surface area contributed by atoms with Crippen molar-refractivity contribution in [2.75, 3.05) is 13.2 Å². The van der Waals surface area contributed by atoms with Crippen molar-refractivity contribution in [3.05, 3.63) is 35.1 Å². The van der Waals surface area contributed by atoms with Crippen LogP contribution in [-0.4, -0.2) is 19.1 Å². The normalized spacial score (nSPS) is 8.90. The number of nitrogens with one attached hydrogen (secondary N) is 1. The first-order valence-corrected chi connectivity index (χ1v) is 9.82. The lowest BCUT2D eigenvalue weighted by Crippen LogP contribution is -2.24. The van der Waals surface area contributed by atoms with Crippen LogP contribution in [0.5, 0.6) is 0 Å². The maximum absolute atomic E-state index is 11.4. The van der Waals surface area contributed by atoms with Crippen molar-refractivity contribution in [3.8, 4) is 70.8 Å². The second-order valence-electron chi connectivity index (χ2n) is 4.68. The highest BCUT2D eigenvalue weighted by molar-refractivity contribution is 7.56. The fourth-order valence-electron chi connectivity index (χ4n) is 1.24. The Morgan fingerprint density at radius 3 is 2.10 bits per heavy atom. The van der Waals surface area contributed by atoms with Crippen LogP contribution in [0, 0.1) is 70.8 Å². The molecule has 0 spiro atoms. The molecule has 0 aliphatic rings. The van der Waals surface area contributed by atoms with Crippen molar-refractivity contribution in [1.29, 1.82) is 0 Å². The van der Waals surface area contributed by atoms with Gasteiger partial charge >= 0.3 is 0 Å². The summed E-state index contributed by atoms with van der Waals surface area (Å²) in [5.41, 5.74) is 12.9. The minimum atomic E-state index is -4.34. The highest BCUT2D eigenvalue weighted by Gasteiger charge is 2.02. The zero-order chi connectivity index (χ0) is 22.5. The standard InChI is InChI=1S/C24H16NO4P/c1-4-6-15-18-24(5-2)19-16-13-11-9-7-8-10-12-14-17-22-30(27,28)29-21-20-25-23(3)26/h1,5,20-21H2,2-3H3,(H,25,26)(H,27,28)/p-1. The number of carbonyl (C=O) groups excluding carboxylic acids is 1. The third-order valence-electron chi connectivity index (χ3n) is 2.42. The Balaban J connectivity index is 4.70. The van der Waals surface area contributed by atoms with E-state index >= 15 is 0 Å². The Kier molecular flexibility index (Phi) is 14.6. The average molecular weight is 412 g/mol. The van der Waals surface area contributed by atoms with Crippen molar-refractivity contribution < 1.29 is 18.8 Å². The third kappa shape index (κ3) is 17.3. The first kappa shape index (κ1) is 25.8. The van der Waals surface area contributed by atoms with Gasteiger partial charge in [-0.05, 0) is 101 Å². The topological polar surface area (TPSA) is 78.5 Å². The molecule has 0 saturated carbocycles. The number of rotatable bonds is 5. The molecule has 5 nitrogen and oxygen atoms in total. The zero-order valence-corrected chi connectivity index (χ0v) is 17.3. The molecule has 6 heteroatoms. The lowest BCUT2D eigenvalue weighted by molar-refractivity contribution is -0.193. The SMILES string of the molecule is C=C=C=C=C=C(C#CC#CC#CC#CC#CC#CP(=O)([O-])OCCNC(C)=O)CC. The van der Waals surface area contributed by atoms with E-state index in [0.29, 0.717) is 12.0 Å². The van der Waals surface area contributed by atoms with E-state index in [4.69, 9.17) is 0 Å². The predicted molar refractivity (Wildman–Crippen MR) is 112 cm³/mol. The Bertz CT molecular complexity index is 1240. The molecule has 0 aliphatic heterocycles. The molecule has 0 bridgehead atoms. The van der Waals surface area contributed by atoms with Gasteiger partial charge in [0.1, 0.15) is 0 Å². The van der Waals surface area contributed by atoms with Crippen molar-refractivity contribution >= 4 is 13.5 Å². The van der Waals surface area contributed by atoms with Crippen LogP contribution in [0.3, 0.4) is 0 Å². The summed E-state index contributed by atoms with van der Waals surface area (Å²) in [4.78, 5) is 22.0. The number of hydrogen-bond donors (Lipinski definition) is 1. The Morgan fingerprint density at radius 2 is 1.57 bits per heavy atom. The summed E-state index contributed by atoms with van der Waals surface area (Å²) in [5.74, 6) is 26.5. The molecule has 1 atom stereocenters. The van der Waals surface area contributed by atoms with Crippen LogP contribution in [-0.2, 0) is 13.9 Å². The van der Waals surface area contributed by atoms with Gasteiger partial charge in [-0.25, -0.2) is 0 Å². The number of amides is 1. The molecule has 30 heavy (non-hydrogen) atoms. The van der Waals surface area contributed by atoms with Crippen LogP contribution in [0.15, 0.2) is 35.1 Å². The highest BCUT2D eigenvalue weighted by Crippen LogP contribution is 2.34. The highest BCUT2D eigenvalue weighted by atomic mass is 31.2. The largest absolute Gasteiger partial charge is 0.769 e. The van der Waals surface area contributed by atoms with Gasteiger partial charge in [-0.1, -0.05) is 12.7 Å². The van der Waals surface area contributed by atoms with Crippen LogP contribution in [0.4, 0.5) is 0 Å². The number of carbonyl (C=O) groups is 1. The van der Waals surface area contributed by atoms with Crippen molar-refractivity contribution in [1.82, 2.24) is 5.32 Å². The molecule has 0 aromatic rings. The van der Waals surface area contributed by atoms with Gasteiger partial charge in [-0.3, -0.25) is 9.36 Å². The number of allylic oxidation sites excluding steroid dienone is 1. The van der Waals surface area contributed by atoms with Crippen LogP contribution < -0.4 is 10.2 Å². The van der Waals surface area contributed by atoms with E-state index in [1.54, 1.807) is 0 Å². The quantitative estimate of drug-likeness (QED) is 0.319. The van der Waals surface area contributed by atoms with Gasteiger partial charge in [-0.2, -0.15) is 0 Å². The smallest absolute Gasteiger partial charge is 0.216 e. The third-order valence-corrected chi connectivity index (χ3v) is 3.33. The molecule has 0 heterocycles. The summed E-state index contributed by atoms with van der Waals surface area (Å²) >= 11 is 0. The monoisotopic (exact) mass is 412 g/mol. The maximum Gasteiger partial charge on any atom is 0.216 e. The van der Waals surface area contributed by atoms with E-state index in [1.165, 1.54) is 6.92 Å². The van der Waals surface area contributed by atoms with E-state index in [-0.39, 0.29) is 19.1 Å². The van der Waals surface area contributed by atoms with Gasteiger partial charge in [0.05, 0.1) is 12.2 Å². The fraction of sp³-hybridized carbons (Fsp3) is 0.208. The minimum absolute atomic E-state index is 0.0612. The van der Waals surface area contributed by atoms with E-state index in [2.05, 4.69) is 104 Å². The molecule has 146 valence electrons. The fourth-order valence-corrected chi connectivity index (χ4v) is 1.83. The van der Waals surface area contributed by atoms with Crippen molar-refractivity contribution in [3.63, 3.8) is 0 Å². The second-order valence-corrected chi connectivity index (χ2v) is 6.16. The minimum Gasteiger partial charge on any atom is -0.769 e. The molecule has 1 amide bonds. The van der Waals surface area contributed by atoms with Crippen LogP contribution >= 0.6 is 7.60 Å². The van der Waals surface area contributed by atoms with Crippen LogP contribution in [0.1, 0.15) is 20.3 Å². The van der Waals surface area contributed by atoms with Gasteiger partial charge in [0.25, 0.3) is 0 Å². The lowest BCUT2D eigenvalue weighted by Gasteiger charge is -2.16. The van der Waals surface area contributed by atoms with E-state index in [0.717, 1.165) is 0 Å². The summed E-state index contributed by atoms with van der Waals surface area (Å²) in [6.45, 7) is 6.43. The first-order valence-electron chi connectivity index (χ1n) is 8.28. The van der Waals surface area contributed by atoms with Gasteiger partial charge in [0.15, 0.2) is 0 Å². The molecule has 1 N–H and O–H groups in total. The molecule has 1 unspecified atom stereocenters. The lowest BCUT2D eigenvalue weighted by atomic mass is 10.2. The van der Waals surface area contributed by atoms with Crippen LogP contribution in [0.2, 0.25) is 0 Å². The average Bonchev–Trinajstić information content (AvgIpc) is 2.70. The Morgan fingerprint density at radius 1 is 1.00 bits per heavy atom. The van der Waals surface area contributed by atoms with Gasteiger partial charge in [0.2, 0.25) is 13.5 Å². The molecule has 0 aromatic carbocycles. The van der Waals surface area contributed by atoms with Gasteiger partial charge in [-0.15, -0.1) is 0 Å². The summed E-state index contributed by atoms with van der Waals surface area (Å²) in [6, 6.07) is 0.